The predicted octanol–water partition coefficient (Wildman–Crippen LogP) is 1.55. The van der Waals surface area contributed by atoms with Crippen molar-refractivity contribution < 1.29 is 9.90 Å². The maximum Gasteiger partial charge on any atom is 0.404 e. The number of hydrogen-bond acceptors (Lipinski definition) is 5. The quantitative estimate of drug-likeness (QED) is 0.816. The van der Waals surface area contributed by atoms with Gasteiger partial charge in [0, 0.05) is 13.0 Å². The van der Waals surface area contributed by atoms with Crippen molar-refractivity contribution in [3.63, 3.8) is 0 Å². The van der Waals surface area contributed by atoms with Crippen LogP contribution in [0.1, 0.15) is 5.01 Å². The first kappa shape index (κ1) is 11.0. The van der Waals surface area contributed by atoms with Gasteiger partial charge in [0.05, 0.1) is 5.01 Å². The lowest BCUT2D eigenvalue weighted by Crippen LogP contribution is -2.23. The molecule has 0 unspecified atom stereocenters. The Balaban J connectivity index is 2.14. The molecule has 0 spiro atoms. The second-order valence-corrected chi connectivity index (χ2v) is 4.33. The van der Waals surface area contributed by atoms with Crippen molar-refractivity contribution in [1.29, 1.82) is 0 Å². The molecule has 2 aromatic rings. The lowest BCUT2D eigenvalue weighted by Gasteiger charge is -1.95. The minimum Gasteiger partial charge on any atom is -0.465 e. The third-order valence-electron chi connectivity index (χ3n) is 1.81. The first-order valence-corrected chi connectivity index (χ1v) is 5.59. The molecule has 2 heterocycles. The molecule has 6 nitrogen and oxygen atoms in total. The van der Waals surface area contributed by atoms with Gasteiger partial charge in [0.15, 0.2) is 5.15 Å². The molecule has 0 radical (unpaired) electrons. The molecule has 2 N–H and O–H groups in total. The highest BCUT2D eigenvalue weighted by Crippen LogP contribution is 2.24. The fraction of sp³-hybridized carbons (Fsp3) is 0.250. The molecular weight excluding hydrogens is 252 g/mol. The summed E-state index contributed by atoms with van der Waals surface area (Å²) in [5, 5.41) is 11.8. The van der Waals surface area contributed by atoms with Crippen LogP contribution in [0.4, 0.5) is 4.79 Å². The summed E-state index contributed by atoms with van der Waals surface area (Å²) in [5.74, 6) is 0. The minimum atomic E-state index is -1.04. The van der Waals surface area contributed by atoms with Gasteiger partial charge < -0.3 is 10.4 Å². The molecule has 0 bridgehead atoms. The van der Waals surface area contributed by atoms with Crippen molar-refractivity contribution in [2.45, 2.75) is 6.42 Å². The number of nitrogens with zero attached hydrogens (tertiary/aromatic N) is 3. The second kappa shape index (κ2) is 4.58. The normalized spacial score (nSPS) is 10.6. The van der Waals surface area contributed by atoms with Crippen LogP contribution in [-0.4, -0.2) is 32.7 Å². The molecule has 0 aromatic carbocycles. The third-order valence-corrected chi connectivity index (χ3v) is 3.11. The molecule has 0 aliphatic rings. The Morgan fingerprint density at radius 3 is 3.06 bits per heavy atom. The fourth-order valence-electron chi connectivity index (χ4n) is 1.15. The number of carbonyl (C=O) groups is 1. The molecule has 0 atom stereocenters. The van der Waals surface area contributed by atoms with Crippen LogP contribution in [0.25, 0.3) is 10.3 Å². The van der Waals surface area contributed by atoms with Crippen LogP contribution in [0.2, 0.25) is 5.15 Å². The van der Waals surface area contributed by atoms with Gasteiger partial charge in [-0.05, 0) is 0 Å². The summed E-state index contributed by atoms with van der Waals surface area (Å²) in [6.07, 6.45) is 0.852. The van der Waals surface area contributed by atoms with Crippen LogP contribution < -0.4 is 5.32 Å². The molecule has 0 saturated carbocycles. The Hall–Kier alpha value is -1.47. The van der Waals surface area contributed by atoms with Gasteiger partial charge in [-0.25, -0.2) is 19.7 Å². The molecule has 1 amide bonds. The molecule has 0 fully saturated rings. The van der Waals surface area contributed by atoms with Gasteiger partial charge in [-0.2, -0.15) is 0 Å². The smallest absolute Gasteiger partial charge is 0.404 e. The van der Waals surface area contributed by atoms with Crippen LogP contribution in [0.15, 0.2) is 6.33 Å². The van der Waals surface area contributed by atoms with Gasteiger partial charge in [0.25, 0.3) is 0 Å². The number of thiazole rings is 1. The highest BCUT2D eigenvalue weighted by Gasteiger charge is 2.08. The highest BCUT2D eigenvalue weighted by atomic mass is 35.5. The highest BCUT2D eigenvalue weighted by molar-refractivity contribution is 7.18. The molecule has 8 heteroatoms. The number of carboxylic acid groups (broad SMARTS) is 1. The zero-order valence-electron chi connectivity index (χ0n) is 7.97. The lowest BCUT2D eigenvalue weighted by molar-refractivity contribution is 0.194. The Kier molecular flexibility index (Phi) is 3.16. The van der Waals surface area contributed by atoms with Crippen LogP contribution in [-0.2, 0) is 6.42 Å². The van der Waals surface area contributed by atoms with Crippen molar-refractivity contribution in [3.8, 4) is 0 Å². The van der Waals surface area contributed by atoms with Gasteiger partial charge in [0.2, 0.25) is 0 Å². The fourth-order valence-corrected chi connectivity index (χ4v) is 2.29. The van der Waals surface area contributed by atoms with Crippen molar-refractivity contribution in [3.05, 3.63) is 16.5 Å². The van der Waals surface area contributed by atoms with Crippen LogP contribution in [0.3, 0.4) is 0 Å². The molecule has 84 valence electrons. The van der Waals surface area contributed by atoms with Gasteiger partial charge in [-0.15, -0.1) is 0 Å². The minimum absolute atomic E-state index is 0.318. The van der Waals surface area contributed by atoms with E-state index < -0.39 is 6.09 Å². The summed E-state index contributed by atoms with van der Waals surface area (Å²) in [6.45, 7) is 0.320. The van der Waals surface area contributed by atoms with E-state index in [9.17, 15) is 4.79 Å². The number of amides is 1. The van der Waals surface area contributed by atoms with E-state index in [4.69, 9.17) is 16.7 Å². The second-order valence-electron chi connectivity index (χ2n) is 2.91. The number of rotatable bonds is 3. The molecule has 0 aliphatic heterocycles. The summed E-state index contributed by atoms with van der Waals surface area (Å²) in [6, 6.07) is 0. The third kappa shape index (κ3) is 2.37. The standard InChI is InChI=1S/C8H7ClN4O2S/c9-6-5-7(12-3-11-6)16-4(13-5)1-2-10-8(14)15/h3,10H,1-2H2,(H,14,15). The molecule has 0 saturated heterocycles. The average Bonchev–Trinajstić information content (AvgIpc) is 2.61. The van der Waals surface area contributed by atoms with Crippen molar-refractivity contribution in [1.82, 2.24) is 20.3 Å². The van der Waals surface area contributed by atoms with Crippen molar-refractivity contribution in [2.24, 2.45) is 0 Å². The van der Waals surface area contributed by atoms with E-state index >= 15 is 0 Å². The number of aromatic nitrogens is 3. The Morgan fingerprint density at radius 2 is 2.38 bits per heavy atom. The molecule has 16 heavy (non-hydrogen) atoms. The number of fused-ring (bicyclic) bond motifs is 1. The maximum absolute atomic E-state index is 10.2. The zero-order chi connectivity index (χ0) is 11.5. The largest absolute Gasteiger partial charge is 0.465 e. The molecule has 0 aliphatic carbocycles. The van der Waals surface area contributed by atoms with Crippen molar-refractivity contribution in [2.75, 3.05) is 6.54 Å². The SMILES string of the molecule is O=C(O)NCCc1nc2c(Cl)ncnc2s1. The van der Waals surface area contributed by atoms with Crippen LogP contribution >= 0.6 is 22.9 Å². The predicted molar refractivity (Wildman–Crippen MR) is 60.0 cm³/mol. The average molecular weight is 259 g/mol. The van der Waals surface area contributed by atoms with Crippen LogP contribution in [0.5, 0.6) is 0 Å². The first-order valence-electron chi connectivity index (χ1n) is 4.39. The van der Waals surface area contributed by atoms with E-state index in [-0.39, 0.29) is 0 Å². The van der Waals surface area contributed by atoms with Gasteiger partial charge >= 0.3 is 6.09 Å². The summed E-state index contributed by atoms with van der Waals surface area (Å²) in [5.41, 5.74) is 0.569. The monoisotopic (exact) mass is 258 g/mol. The molecule has 2 aromatic heterocycles. The summed E-state index contributed by atoms with van der Waals surface area (Å²) in [4.78, 5) is 23.0. The van der Waals surface area contributed by atoms with E-state index in [0.29, 0.717) is 28.5 Å². The van der Waals surface area contributed by atoms with E-state index in [0.717, 1.165) is 5.01 Å². The Labute approximate surface area is 99.3 Å². The van der Waals surface area contributed by atoms with E-state index in [1.54, 1.807) is 0 Å². The Morgan fingerprint density at radius 1 is 1.56 bits per heavy atom. The number of halogens is 1. The first-order chi connectivity index (χ1) is 7.66. The zero-order valence-corrected chi connectivity index (χ0v) is 9.55. The summed E-state index contributed by atoms with van der Waals surface area (Å²) >= 11 is 7.22. The summed E-state index contributed by atoms with van der Waals surface area (Å²) in [7, 11) is 0. The lowest BCUT2D eigenvalue weighted by atomic mass is 10.4. The maximum atomic E-state index is 10.2. The van der Waals surface area contributed by atoms with Gasteiger partial charge in [-0.1, -0.05) is 22.9 Å². The topological polar surface area (TPSA) is 88.0 Å². The van der Waals surface area contributed by atoms with E-state index in [1.807, 2.05) is 0 Å². The number of nitrogens with one attached hydrogen (secondary N) is 1. The van der Waals surface area contributed by atoms with Gasteiger partial charge in [-0.3, -0.25) is 0 Å². The molecular formula is C8H7ClN4O2S. The number of hydrogen-bond donors (Lipinski definition) is 2. The van der Waals surface area contributed by atoms with Gasteiger partial charge in [0.1, 0.15) is 16.7 Å². The Bertz CT molecular complexity index is 530. The van der Waals surface area contributed by atoms with E-state index in [2.05, 4.69) is 20.3 Å². The van der Waals surface area contributed by atoms with Crippen molar-refractivity contribution >= 4 is 39.4 Å². The van der Waals surface area contributed by atoms with Crippen LogP contribution in [0, 0.1) is 0 Å². The van der Waals surface area contributed by atoms with E-state index in [1.165, 1.54) is 17.7 Å². The molecule has 2 rings (SSSR count). The summed E-state index contributed by atoms with van der Waals surface area (Å²) < 4.78 is 0.